The molecule has 0 unspecified atom stereocenters. The van der Waals surface area contributed by atoms with Crippen molar-refractivity contribution in [2.24, 2.45) is 0 Å². The Morgan fingerprint density at radius 3 is 2.67 bits per heavy atom. The Balaban J connectivity index is 1.81. The smallest absolute Gasteiger partial charge is 0.251 e. The zero-order valence-electron chi connectivity index (χ0n) is 12.0. The van der Waals surface area contributed by atoms with Crippen molar-refractivity contribution in [2.45, 2.75) is 19.3 Å². The average Bonchev–Trinajstić information content (AvgIpc) is 3.01. The van der Waals surface area contributed by atoms with E-state index in [0.717, 1.165) is 32.0 Å². The molecule has 0 spiro atoms. The molecular weight excluding hydrogens is 275 g/mol. The third-order valence-corrected chi connectivity index (χ3v) is 3.50. The van der Waals surface area contributed by atoms with Gasteiger partial charge in [0.05, 0.1) is 7.11 Å². The maximum absolute atomic E-state index is 13.5. The van der Waals surface area contributed by atoms with Crippen molar-refractivity contribution < 1.29 is 18.7 Å². The van der Waals surface area contributed by atoms with E-state index in [4.69, 9.17) is 4.74 Å². The van der Waals surface area contributed by atoms with Crippen molar-refractivity contribution in [3.63, 3.8) is 0 Å². The van der Waals surface area contributed by atoms with Gasteiger partial charge in [-0.05, 0) is 31.0 Å². The third kappa shape index (κ3) is 3.93. The molecule has 5 nitrogen and oxygen atoms in total. The molecule has 1 aliphatic heterocycles. The molecule has 0 radical (unpaired) electrons. The monoisotopic (exact) mass is 294 g/mol. The molecule has 1 heterocycles. The van der Waals surface area contributed by atoms with Gasteiger partial charge < -0.3 is 15.0 Å². The zero-order chi connectivity index (χ0) is 15.2. The van der Waals surface area contributed by atoms with E-state index in [1.54, 1.807) is 4.90 Å². The molecule has 114 valence electrons. The summed E-state index contributed by atoms with van der Waals surface area (Å²) in [5, 5.41) is 2.62. The minimum atomic E-state index is -0.585. The highest BCUT2D eigenvalue weighted by Crippen LogP contribution is 2.17. The standard InChI is InChI=1S/C15H19FN2O3/c1-21-13-5-4-11(10-12(13)16)15(20)17-7-6-14(19)18-8-2-3-9-18/h4-5,10H,2-3,6-9H2,1H3,(H,17,20). The highest BCUT2D eigenvalue weighted by molar-refractivity contribution is 5.94. The van der Waals surface area contributed by atoms with E-state index in [9.17, 15) is 14.0 Å². The fraction of sp³-hybridized carbons (Fsp3) is 0.467. The summed E-state index contributed by atoms with van der Waals surface area (Å²) in [4.78, 5) is 25.5. The number of methoxy groups -OCH3 is 1. The van der Waals surface area contributed by atoms with Crippen molar-refractivity contribution in [1.82, 2.24) is 10.2 Å². The highest BCUT2D eigenvalue weighted by atomic mass is 19.1. The molecule has 1 fully saturated rings. The van der Waals surface area contributed by atoms with Crippen molar-refractivity contribution in [3.8, 4) is 5.75 Å². The van der Waals surface area contributed by atoms with Crippen molar-refractivity contribution in [2.75, 3.05) is 26.7 Å². The summed E-state index contributed by atoms with van der Waals surface area (Å²) in [6.07, 6.45) is 2.36. The normalized spacial score (nSPS) is 14.1. The summed E-state index contributed by atoms with van der Waals surface area (Å²) in [5.41, 5.74) is 0.210. The number of likely N-dealkylation sites (tertiary alicyclic amines) is 1. The lowest BCUT2D eigenvalue weighted by molar-refractivity contribution is -0.129. The molecule has 0 aromatic heterocycles. The minimum absolute atomic E-state index is 0.0497. The summed E-state index contributed by atoms with van der Waals surface area (Å²) in [6.45, 7) is 1.86. The van der Waals surface area contributed by atoms with Crippen LogP contribution in [0.4, 0.5) is 4.39 Å². The van der Waals surface area contributed by atoms with E-state index in [0.29, 0.717) is 0 Å². The van der Waals surface area contributed by atoms with Gasteiger partial charge in [-0.3, -0.25) is 9.59 Å². The molecule has 6 heteroatoms. The lowest BCUT2D eigenvalue weighted by Crippen LogP contribution is -2.32. The zero-order valence-corrected chi connectivity index (χ0v) is 12.0. The Bertz CT molecular complexity index is 528. The lowest BCUT2D eigenvalue weighted by atomic mass is 10.2. The first-order chi connectivity index (χ1) is 10.1. The number of hydrogen-bond donors (Lipinski definition) is 1. The molecule has 1 aromatic rings. The summed E-state index contributed by atoms with van der Waals surface area (Å²) < 4.78 is 18.3. The molecular formula is C15H19FN2O3. The van der Waals surface area contributed by atoms with E-state index in [1.807, 2.05) is 0 Å². The molecule has 1 N–H and O–H groups in total. The molecule has 0 saturated carbocycles. The molecule has 0 atom stereocenters. The Morgan fingerprint density at radius 1 is 1.33 bits per heavy atom. The second-order valence-corrected chi connectivity index (χ2v) is 4.94. The SMILES string of the molecule is COc1ccc(C(=O)NCCC(=O)N2CCCC2)cc1F. The van der Waals surface area contributed by atoms with Crippen LogP contribution in [-0.4, -0.2) is 43.5 Å². The summed E-state index contributed by atoms with van der Waals surface area (Å²) in [5.74, 6) is -0.839. The largest absolute Gasteiger partial charge is 0.494 e. The quantitative estimate of drug-likeness (QED) is 0.897. The van der Waals surface area contributed by atoms with Gasteiger partial charge in [0.15, 0.2) is 11.6 Å². The van der Waals surface area contributed by atoms with Gasteiger partial charge in [-0.25, -0.2) is 4.39 Å². The number of benzene rings is 1. The highest BCUT2D eigenvalue weighted by Gasteiger charge is 2.17. The van der Waals surface area contributed by atoms with Crippen LogP contribution in [-0.2, 0) is 4.79 Å². The van der Waals surface area contributed by atoms with E-state index in [1.165, 1.54) is 19.2 Å². The van der Waals surface area contributed by atoms with Crippen LogP contribution in [0, 0.1) is 5.82 Å². The first-order valence-electron chi connectivity index (χ1n) is 7.01. The molecule has 2 amide bonds. The van der Waals surface area contributed by atoms with Crippen LogP contribution in [0.15, 0.2) is 18.2 Å². The first-order valence-corrected chi connectivity index (χ1v) is 7.01. The van der Waals surface area contributed by atoms with Crippen LogP contribution in [0.25, 0.3) is 0 Å². The molecule has 21 heavy (non-hydrogen) atoms. The second-order valence-electron chi connectivity index (χ2n) is 4.94. The Labute approximate surface area is 123 Å². The molecule has 1 saturated heterocycles. The van der Waals surface area contributed by atoms with E-state index >= 15 is 0 Å². The first kappa shape index (κ1) is 15.3. The average molecular weight is 294 g/mol. The fourth-order valence-corrected chi connectivity index (χ4v) is 2.32. The van der Waals surface area contributed by atoms with Crippen molar-refractivity contribution in [1.29, 1.82) is 0 Å². The Kier molecular flexibility index (Phi) is 5.14. The van der Waals surface area contributed by atoms with Crippen LogP contribution in [0.5, 0.6) is 5.75 Å². The van der Waals surface area contributed by atoms with Crippen molar-refractivity contribution >= 4 is 11.8 Å². The number of halogens is 1. The molecule has 0 aliphatic carbocycles. The number of nitrogens with zero attached hydrogens (tertiary/aromatic N) is 1. The third-order valence-electron chi connectivity index (χ3n) is 3.50. The lowest BCUT2D eigenvalue weighted by Gasteiger charge is -2.15. The number of amides is 2. The second kappa shape index (κ2) is 7.06. The maximum Gasteiger partial charge on any atom is 0.251 e. The minimum Gasteiger partial charge on any atom is -0.494 e. The topological polar surface area (TPSA) is 58.6 Å². The fourth-order valence-electron chi connectivity index (χ4n) is 2.32. The molecule has 0 bridgehead atoms. The predicted octanol–water partition coefficient (Wildman–Crippen LogP) is 1.58. The Hall–Kier alpha value is -2.11. The van der Waals surface area contributed by atoms with Crippen molar-refractivity contribution in [3.05, 3.63) is 29.6 Å². The van der Waals surface area contributed by atoms with Gasteiger partial charge in [-0.1, -0.05) is 0 Å². The predicted molar refractivity (Wildman–Crippen MR) is 75.7 cm³/mol. The van der Waals surface area contributed by atoms with Gasteiger partial charge in [0.2, 0.25) is 5.91 Å². The molecule has 1 aromatic carbocycles. The Morgan fingerprint density at radius 2 is 2.05 bits per heavy atom. The van der Waals surface area contributed by atoms with Gasteiger partial charge in [0.25, 0.3) is 5.91 Å². The number of ether oxygens (including phenoxy) is 1. The van der Waals surface area contributed by atoms with Crippen LogP contribution >= 0.6 is 0 Å². The number of carbonyl (C=O) groups excluding carboxylic acids is 2. The number of carbonyl (C=O) groups is 2. The van der Waals surface area contributed by atoms with E-state index in [-0.39, 0.29) is 30.2 Å². The van der Waals surface area contributed by atoms with Gasteiger partial charge in [-0.15, -0.1) is 0 Å². The van der Waals surface area contributed by atoms with E-state index < -0.39 is 11.7 Å². The van der Waals surface area contributed by atoms with Gasteiger partial charge in [0, 0.05) is 31.6 Å². The number of hydrogen-bond acceptors (Lipinski definition) is 3. The summed E-state index contributed by atoms with van der Waals surface area (Å²) in [6, 6.07) is 4.01. The van der Waals surface area contributed by atoms with Gasteiger partial charge >= 0.3 is 0 Å². The number of nitrogens with one attached hydrogen (secondary N) is 1. The van der Waals surface area contributed by atoms with Gasteiger partial charge in [0.1, 0.15) is 0 Å². The van der Waals surface area contributed by atoms with Gasteiger partial charge in [-0.2, -0.15) is 0 Å². The maximum atomic E-state index is 13.5. The van der Waals surface area contributed by atoms with Crippen LogP contribution in [0.3, 0.4) is 0 Å². The van der Waals surface area contributed by atoms with Crippen LogP contribution < -0.4 is 10.1 Å². The van der Waals surface area contributed by atoms with Crippen LogP contribution in [0.2, 0.25) is 0 Å². The molecule has 1 aliphatic rings. The molecule has 2 rings (SSSR count). The van der Waals surface area contributed by atoms with Crippen LogP contribution in [0.1, 0.15) is 29.6 Å². The summed E-state index contributed by atoms with van der Waals surface area (Å²) >= 11 is 0. The van der Waals surface area contributed by atoms with E-state index in [2.05, 4.69) is 5.32 Å². The number of rotatable bonds is 5. The summed E-state index contributed by atoms with van der Waals surface area (Å²) in [7, 11) is 1.36.